The zero-order valence-corrected chi connectivity index (χ0v) is 24.3. The molecule has 2 amide bonds. The van der Waals surface area contributed by atoms with Gasteiger partial charge in [0, 0.05) is 10.4 Å². The summed E-state index contributed by atoms with van der Waals surface area (Å²) < 4.78 is 12.2. The number of benzene rings is 4. The molecular weight excluding hydrogens is 600 g/mol. The second-order valence-electron chi connectivity index (χ2n) is 9.93. The topological polar surface area (TPSA) is 114 Å². The number of carboxylic acid groups (broad SMARTS) is 1. The Labute approximate surface area is 251 Å². The van der Waals surface area contributed by atoms with Crippen molar-refractivity contribution < 1.29 is 29.0 Å². The number of aromatic carboxylic acids is 1. The number of amides is 2. The highest BCUT2D eigenvalue weighted by Crippen LogP contribution is 2.44. The van der Waals surface area contributed by atoms with E-state index in [4.69, 9.17) is 9.47 Å². The normalized spacial score (nSPS) is 13.4. The number of carbonyl (C=O) groups is 3. The highest BCUT2D eigenvalue weighted by atomic mass is 79.9. The van der Waals surface area contributed by atoms with E-state index < -0.39 is 30.1 Å². The molecule has 5 rings (SSSR count). The Hall–Kier alpha value is -4.47. The van der Waals surface area contributed by atoms with E-state index in [0.29, 0.717) is 4.47 Å². The Morgan fingerprint density at radius 3 is 2.14 bits per heavy atom. The molecule has 0 spiro atoms. The fourth-order valence-electron chi connectivity index (χ4n) is 5.08. The van der Waals surface area contributed by atoms with Crippen molar-refractivity contribution in [2.24, 2.45) is 0 Å². The number of alkyl carbamates (subject to hydrolysis) is 1. The van der Waals surface area contributed by atoms with E-state index in [-0.39, 0.29) is 30.4 Å². The van der Waals surface area contributed by atoms with Crippen molar-refractivity contribution in [1.29, 1.82) is 0 Å². The molecule has 0 radical (unpaired) electrons. The lowest BCUT2D eigenvalue weighted by atomic mass is 9.98. The molecular formula is C33H29BrN2O6. The van der Waals surface area contributed by atoms with Crippen LogP contribution in [-0.2, 0) is 20.9 Å². The van der Waals surface area contributed by atoms with Gasteiger partial charge >= 0.3 is 12.1 Å². The van der Waals surface area contributed by atoms with Gasteiger partial charge in [-0.1, -0.05) is 94.8 Å². The third kappa shape index (κ3) is 6.53. The molecule has 3 N–H and O–H groups in total. The van der Waals surface area contributed by atoms with E-state index in [1.165, 1.54) is 12.1 Å². The Morgan fingerprint density at radius 1 is 0.881 bits per heavy atom. The molecule has 0 aliphatic heterocycles. The minimum absolute atomic E-state index is 0.0717. The van der Waals surface area contributed by atoms with E-state index in [1.54, 1.807) is 13.0 Å². The summed E-state index contributed by atoms with van der Waals surface area (Å²) in [6.45, 7) is 1.94. The Bertz CT molecular complexity index is 1560. The zero-order valence-electron chi connectivity index (χ0n) is 22.8. The molecule has 0 aromatic heterocycles. The molecule has 1 aliphatic carbocycles. The lowest BCUT2D eigenvalue weighted by Gasteiger charge is -2.25. The number of anilines is 1. The zero-order chi connectivity index (χ0) is 29.6. The van der Waals surface area contributed by atoms with Gasteiger partial charge in [0.25, 0.3) is 0 Å². The maximum absolute atomic E-state index is 13.5. The smallest absolute Gasteiger partial charge is 0.407 e. The van der Waals surface area contributed by atoms with Crippen LogP contribution in [0.5, 0.6) is 0 Å². The van der Waals surface area contributed by atoms with Crippen LogP contribution in [0.15, 0.2) is 102 Å². The second kappa shape index (κ2) is 13.0. The van der Waals surface area contributed by atoms with Crippen molar-refractivity contribution in [3.63, 3.8) is 0 Å². The van der Waals surface area contributed by atoms with Gasteiger partial charge in [0.15, 0.2) is 0 Å². The first-order valence-corrected chi connectivity index (χ1v) is 14.2. The molecule has 4 aromatic rings. The number of hydrogen-bond donors (Lipinski definition) is 3. The summed E-state index contributed by atoms with van der Waals surface area (Å²) >= 11 is 3.31. The summed E-state index contributed by atoms with van der Waals surface area (Å²) in [5, 5.41) is 14.9. The van der Waals surface area contributed by atoms with Crippen LogP contribution in [0.3, 0.4) is 0 Å². The standard InChI is InChI=1S/C33H29BrN2O6/c1-20(41-18-21-9-3-2-4-10-21)30(31(37)35-29-17-22(34)15-16-27(29)32(38)39)36-33(40)42-19-28-25-13-7-5-11-23(25)24-12-6-8-14-26(24)28/h2-17,20,28,30H,18-19H2,1H3,(H,35,37)(H,36,40)(H,38,39)/t20-,30+/m0/s1. The Morgan fingerprint density at radius 2 is 1.50 bits per heavy atom. The minimum atomic E-state index is -1.20. The highest BCUT2D eigenvalue weighted by Gasteiger charge is 2.32. The van der Waals surface area contributed by atoms with Crippen molar-refractivity contribution in [2.45, 2.75) is 31.6 Å². The summed E-state index contributed by atoms with van der Waals surface area (Å²) in [7, 11) is 0. The van der Waals surface area contributed by atoms with Gasteiger partial charge < -0.3 is 25.2 Å². The highest BCUT2D eigenvalue weighted by molar-refractivity contribution is 9.10. The van der Waals surface area contributed by atoms with Gasteiger partial charge in [0.2, 0.25) is 5.91 Å². The van der Waals surface area contributed by atoms with Gasteiger partial charge in [-0.2, -0.15) is 0 Å². The Balaban J connectivity index is 1.32. The van der Waals surface area contributed by atoms with Gasteiger partial charge in [-0.25, -0.2) is 9.59 Å². The average molecular weight is 630 g/mol. The molecule has 2 atom stereocenters. The number of carboxylic acids is 1. The average Bonchev–Trinajstić information content (AvgIpc) is 3.31. The summed E-state index contributed by atoms with van der Waals surface area (Å²) in [5.74, 6) is -2.00. The first kappa shape index (κ1) is 29.0. The van der Waals surface area contributed by atoms with Gasteiger partial charge in [0.1, 0.15) is 12.6 Å². The van der Waals surface area contributed by atoms with Crippen LogP contribution >= 0.6 is 15.9 Å². The lowest BCUT2D eigenvalue weighted by Crippen LogP contribution is -2.51. The molecule has 0 unspecified atom stereocenters. The first-order chi connectivity index (χ1) is 20.3. The Kier molecular flexibility index (Phi) is 9.00. The fraction of sp³-hybridized carbons (Fsp3) is 0.182. The molecule has 0 heterocycles. The van der Waals surface area contributed by atoms with Gasteiger partial charge in [-0.15, -0.1) is 0 Å². The minimum Gasteiger partial charge on any atom is -0.478 e. The van der Waals surface area contributed by atoms with Crippen molar-refractivity contribution >= 4 is 39.6 Å². The van der Waals surface area contributed by atoms with Gasteiger partial charge in [-0.05, 0) is 52.9 Å². The van der Waals surface area contributed by atoms with Crippen molar-refractivity contribution in [1.82, 2.24) is 5.32 Å². The van der Waals surface area contributed by atoms with Crippen LogP contribution < -0.4 is 10.6 Å². The molecule has 0 saturated carbocycles. The molecule has 0 bridgehead atoms. The van der Waals surface area contributed by atoms with Crippen LogP contribution in [0.4, 0.5) is 10.5 Å². The molecule has 8 nitrogen and oxygen atoms in total. The summed E-state index contributed by atoms with van der Waals surface area (Å²) in [4.78, 5) is 38.4. The van der Waals surface area contributed by atoms with Gasteiger partial charge in [-0.3, -0.25) is 4.79 Å². The molecule has 42 heavy (non-hydrogen) atoms. The maximum atomic E-state index is 13.5. The van der Waals surface area contributed by atoms with Crippen LogP contribution in [0.25, 0.3) is 11.1 Å². The summed E-state index contributed by atoms with van der Waals surface area (Å²) in [6.07, 6.45) is -1.58. The maximum Gasteiger partial charge on any atom is 0.407 e. The molecule has 4 aromatic carbocycles. The molecule has 0 saturated heterocycles. The van der Waals surface area contributed by atoms with E-state index in [0.717, 1.165) is 27.8 Å². The quantitative estimate of drug-likeness (QED) is 0.182. The number of nitrogens with one attached hydrogen (secondary N) is 2. The summed E-state index contributed by atoms with van der Waals surface area (Å²) in [6, 6.07) is 28.7. The van der Waals surface area contributed by atoms with Crippen LogP contribution in [-0.4, -0.2) is 41.8 Å². The van der Waals surface area contributed by atoms with E-state index >= 15 is 0 Å². The monoisotopic (exact) mass is 628 g/mol. The number of rotatable bonds is 10. The van der Waals surface area contributed by atoms with Crippen molar-refractivity contribution in [3.05, 3.63) is 124 Å². The largest absolute Gasteiger partial charge is 0.478 e. The van der Waals surface area contributed by atoms with E-state index in [2.05, 4.69) is 26.6 Å². The number of halogens is 1. The third-order valence-corrected chi connectivity index (χ3v) is 7.69. The number of carbonyl (C=O) groups excluding carboxylic acids is 2. The lowest BCUT2D eigenvalue weighted by molar-refractivity contribution is -0.121. The van der Waals surface area contributed by atoms with E-state index in [1.807, 2.05) is 78.9 Å². The molecule has 9 heteroatoms. The second-order valence-corrected chi connectivity index (χ2v) is 10.8. The van der Waals surface area contributed by atoms with E-state index in [9.17, 15) is 19.5 Å². The number of hydrogen-bond acceptors (Lipinski definition) is 5. The SMILES string of the molecule is C[C@H](OCc1ccccc1)[C@@H](NC(=O)OCC1c2ccccc2-c2ccccc21)C(=O)Nc1cc(Br)ccc1C(=O)O. The number of ether oxygens (including phenoxy) is 2. The van der Waals surface area contributed by atoms with Crippen LogP contribution in [0.1, 0.15) is 39.9 Å². The predicted octanol–water partition coefficient (Wildman–Crippen LogP) is 6.60. The predicted molar refractivity (Wildman–Crippen MR) is 162 cm³/mol. The fourth-order valence-corrected chi connectivity index (χ4v) is 5.44. The summed E-state index contributed by atoms with van der Waals surface area (Å²) in [5.41, 5.74) is 5.22. The van der Waals surface area contributed by atoms with Crippen molar-refractivity contribution in [3.8, 4) is 11.1 Å². The van der Waals surface area contributed by atoms with Gasteiger partial charge in [0.05, 0.1) is 24.0 Å². The van der Waals surface area contributed by atoms with Crippen molar-refractivity contribution in [2.75, 3.05) is 11.9 Å². The molecule has 1 aliphatic rings. The molecule has 0 fully saturated rings. The van der Waals surface area contributed by atoms with Crippen LogP contribution in [0, 0.1) is 0 Å². The third-order valence-electron chi connectivity index (χ3n) is 7.19. The first-order valence-electron chi connectivity index (χ1n) is 13.4. The molecule has 214 valence electrons. The van der Waals surface area contributed by atoms with Crippen LogP contribution in [0.2, 0.25) is 0 Å². The number of fused-ring (bicyclic) bond motifs is 3.